The molecule has 1 atom stereocenters. The van der Waals surface area contributed by atoms with Gasteiger partial charge in [-0.1, -0.05) is 0 Å². The maximum Gasteiger partial charge on any atom is 0.0912 e. The molecule has 0 N–H and O–H groups in total. The van der Waals surface area contributed by atoms with E-state index in [4.69, 9.17) is 11.6 Å². The van der Waals surface area contributed by atoms with Gasteiger partial charge in [-0.25, -0.2) is 0 Å². The highest BCUT2D eigenvalue weighted by Crippen LogP contribution is 2.26. The molecule has 14 heavy (non-hydrogen) atoms. The minimum absolute atomic E-state index is 0.0332. The molecule has 0 radical (unpaired) electrons. The average Bonchev–Trinajstić information content (AvgIpc) is 2.38. The van der Waals surface area contributed by atoms with Gasteiger partial charge in [-0.05, 0) is 27.2 Å². The molecule has 1 unspecified atom stereocenters. The lowest BCUT2D eigenvalue weighted by molar-refractivity contribution is 0.431. The Morgan fingerprint density at radius 2 is 2.14 bits per heavy atom. The monoisotopic (exact) mass is 218 g/mol. The fourth-order valence-electron chi connectivity index (χ4n) is 1.71. The van der Waals surface area contributed by atoms with Gasteiger partial charge in [0.15, 0.2) is 0 Å². The van der Waals surface area contributed by atoms with Crippen LogP contribution >= 0.6 is 11.6 Å². The van der Waals surface area contributed by atoms with Crippen molar-refractivity contribution in [3.63, 3.8) is 0 Å². The molecule has 2 nitrogen and oxygen atoms in total. The Bertz CT molecular complexity index is 307. The summed E-state index contributed by atoms with van der Waals surface area (Å²) in [6, 6.07) is 0. The van der Waals surface area contributed by atoms with E-state index in [0.717, 1.165) is 17.0 Å². The van der Waals surface area contributed by atoms with Crippen molar-refractivity contribution in [3.8, 4) is 0 Å². The summed E-state index contributed by atoms with van der Waals surface area (Å²) in [5, 5.41) is 4.30. The summed E-state index contributed by atoms with van der Waals surface area (Å²) < 4.78 is 13.8. The van der Waals surface area contributed by atoms with Gasteiger partial charge < -0.3 is 0 Å². The Kier molecular flexibility index (Phi) is 3.93. The van der Waals surface area contributed by atoms with Crippen LogP contribution in [0.2, 0.25) is 0 Å². The smallest absolute Gasteiger partial charge is 0.0912 e. The summed E-state index contributed by atoms with van der Waals surface area (Å²) in [6.45, 7) is 6.18. The van der Waals surface area contributed by atoms with E-state index < -0.39 is 0 Å². The molecule has 0 fully saturated rings. The van der Waals surface area contributed by atoms with Crippen LogP contribution in [0.15, 0.2) is 0 Å². The Morgan fingerprint density at radius 3 is 2.57 bits per heavy atom. The highest BCUT2D eigenvalue weighted by atomic mass is 35.5. The molecule has 0 spiro atoms. The van der Waals surface area contributed by atoms with E-state index in [2.05, 4.69) is 5.10 Å². The van der Waals surface area contributed by atoms with Gasteiger partial charge in [0, 0.05) is 17.8 Å². The number of aromatic nitrogens is 2. The molecule has 0 aliphatic rings. The van der Waals surface area contributed by atoms with Crippen molar-refractivity contribution in [3.05, 3.63) is 17.0 Å². The molecular formula is C10H16ClFN2. The van der Waals surface area contributed by atoms with Crippen LogP contribution in [0, 0.1) is 13.8 Å². The summed E-state index contributed by atoms with van der Waals surface area (Å²) >= 11 is 6.03. The van der Waals surface area contributed by atoms with Crippen LogP contribution in [-0.4, -0.2) is 16.5 Å². The molecule has 0 saturated carbocycles. The number of halogens is 2. The van der Waals surface area contributed by atoms with Crippen molar-refractivity contribution < 1.29 is 4.39 Å². The van der Waals surface area contributed by atoms with Crippen molar-refractivity contribution in [2.45, 2.75) is 39.1 Å². The zero-order valence-corrected chi connectivity index (χ0v) is 9.60. The molecule has 1 aromatic rings. The van der Waals surface area contributed by atoms with Gasteiger partial charge in [0.05, 0.1) is 17.7 Å². The first-order valence-corrected chi connectivity index (χ1v) is 5.25. The van der Waals surface area contributed by atoms with E-state index in [1.54, 1.807) is 0 Å². The van der Waals surface area contributed by atoms with E-state index in [9.17, 15) is 4.39 Å². The lowest BCUT2D eigenvalue weighted by Crippen LogP contribution is -2.03. The first-order valence-electron chi connectivity index (χ1n) is 4.81. The van der Waals surface area contributed by atoms with Crippen LogP contribution in [0.1, 0.15) is 35.7 Å². The highest BCUT2D eigenvalue weighted by Gasteiger charge is 2.14. The SMILES string of the molecule is Cc1nn(CCCF)c(C)c1C(C)Cl. The maximum atomic E-state index is 12.0. The topological polar surface area (TPSA) is 17.8 Å². The Morgan fingerprint density at radius 1 is 1.50 bits per heavy atom. The predicted molar refractivity (Wildman–Crippen MR) is 56.6 cm³/mol. The fourth-order valence-corrected chi connectivity index (χ4v) is 2.03. The Balaban J connectivity index is 2.92. The van der Waals surface area contributed by atoms with Crippen LogP contribution in [0.4, 0.5) is 4.39 Å². The second-order valence-corrected chi connectivity index (χ2v) is 4.12. The zero-order valence-electron chi connectivity index (χ0n) is 8.85. The zero-order chi connectivity index (χ0) is 10.7. The molecule has 0 saturated heterocycles. The number of alkyl halides is 2. The average molecular weight is 219 g/mol. The minimum atomic E-state index is -0.301. The van der Waals surface area contributed by atoms with E-state index in [1.807, 2.05) is 25.5 Å². The normalized spacial score (nSPS) is 13.2. The molecule has 0 amide bonds. The second kappa shape index (κ2) is 4.78. The third kappa shape index (κ3) is 2.27. The van der Waals surface area contributed by atoms with Gasteiger partial charge in [0.1, 0.15) is 0 Å². The number of hydrogen-bond acceptors (Lipinski definition) is 1. The summed E-state index contributed by atoms with van der Waals surface area (Å²) in [6.07, 6.45) is 0.512. The van der Waals surface area contributed by atoms with Gasteiger partial charge >= 0.3 is 0 Å². The van der Waals surface area contributed by atoms with Crippen molar-refractivity contribution in [1.29, 1.82) is 0 Å². The fraction of sp³-hybridized carbons (Fsp3) is 0.700. The number of hydrogen-bond donors (Lipinski definition) is 0. The van der Waals surface area contributed by atoms with E-state index in [0.29, 0.717) is 13.0 Å². The first-order chi connectivity index (χ1) is 6.57. The molecule has 0 bridgehead atoms. The van der Waals surface area contributed by atoms with E-state index in [1.165, 1.54) is 0 Å². The molecule has 80 valence electrons. The standard InChI is InChI=1S/C10H16ClFN2/c1-7(11)10-8(2)13-14(9(10)3)6-4-5-12/h7H,4-6H2,1-3H3. The largest absolute Gasteiger partial charge is 0.269 e. The van der Waals surface area contributed by atoms with Gasteiger partial charge in [-0.2, -0.15) is 5.10 Å². The molecule has 1 rings (SSSR count). The molecule has 4 heteroatoms. The van der Waals surface area contributed by atoms with Gasteiger partial charge in [-0.15, -0.1) is 11.6 Å². The molecule has 0 aliphatic heterocycles. The summed E-state index contributed by atoms with van der Waals surface area (Å²) in [4.78, 5) is 0. The molecule has 0 aliphatic carbocycles. The van der Waals surface area contributed by atoms with Crippen LogP contribution in [-0.2, 0) is 6.54 Å². The molecular weight excluding hydrogens is 203 g/mol. The lowest BCUT2D eigenvalue weighted by atomic mass is 10.1. The number of rotatable bonds is 4. The van der Waals surface area contributed by atoms with Crippen molar-refractivity contribution in [2.24, 2.45) is 0 Å². The maximum absolute atomic E-state index is 12.0. The first kappa shape index (κ1) is 11.5. The quantitative estimate of drug-likeness (QED) is 0.710. The Hall–Kier alpha value is -0.570. The lowest BCUT2D eigenvalue weighted by Gasteiger charge is -2.05. The van der Waals surface area contributed by atoms with Gasteiger partial charge in [0.2, 0.25) is 0 Å². The number of nitrogens with zero attached hydrogens (tertiary/aromatic N) is 2. The van der Waals surface area contributed by atoms with Crippen molar-refractivity contribution in [2.75, 3.05) is 6.67 Å². The summed E-state index contributed by atoms with van der Waals surface area (Å²) in [7, 11) is 0. The third-order valence-corrected chi connectivity index (χ3v) is 2.56. The minimum Gasteiger partial charge on any atom is -0.269 e. The molecule has 0 aromatic carbocycles. The van der Waals surface area contributed by atoms with Crippen LogP contribution in [0.3, 0.4) is 0 Å². The van der Waals surface area contributed by atoms with E-state index >= 15 is 0 Å². The van der Waals surface area contributed by atoms with Crippen LogP contribution in [0.25, 0.3) is 0 Å². The van der Waals surface area contributed by atoms with Crippen LogP contribution in [0.5, 0.6) is 0 Å². The van der Waals surface area contributed by atoms with Crippen molar-refractivity contribution in [1.82, 2.24) is 9.78 Å². The van der Waals surface area contributed by atoms with Gasteiger partial charge in [-0.3, -0.25) is 9.07 Å². The highest BCUT2D eigenvalue weighted by molar-refractivity contribution is 6.20. The second-order valence-electron chi connectivity index (χ2n) is 3.47. The molecule has 1 aromatic heterocycles. The number of aryl methyl sites for hydroxylation is 2. The predicted octanol–water partition coefficient (Wildman–Crippen LogP) is 3.16. The van der Waals surface area contributed by atoms with Crippen LogP contribution < -0.4 is 0 Å². The van der Waals surface area contributed by atoms with Gasteiger partial charge in [0.25, 0.3) is 0 Å². The Labute approximate surface area is 89.1 Å². The summed E-state index contributed by atoms with van der Waals surface area (Å²) in [5.74, 6) is 0. The molecule has 1 heterocycles. The third-order valence-electron chi connectivity index (χ3n) is 2.34. The van der Waals surface area contributed by atoms with E-state index in [-0.39, 0.29) is 12.1 Å². The van der Waals surface area contributed by atoms with Crippen molar-refractivity contribution >= 4 is 11.6 Å². The summed E-state index contributed by atoms with van der Waals surface area (Å²) in [5.41, 5.74) is 3.08.